The fourth-order valence-corrected chi connectivity index (χ4v) is 5.57. The lowest BCUT2D eigenvalue weighted by molar-refractivity contribution is -0.115. The fraction of sp³-hybridized carbons (Fsp3) is 0.333. The Morgan fingerprint density at radius 2 is 1.90 bits per heavy atom. The third-order valence-corrected chi connectivity index (χ3v) is 7.12. The number of aryl methyl sites for hydroxylation is 2. The highest BCUT2D eigenvalue weighted by molar-refractivity contribution is 7.91. The summed E-state index contributed by atoms with van der Waals surface area (Å²) in [5.41, 5.74) is 3.84. The van der Waals surface area contributed by atoms with Crippen LogP contribution in [0.15, 0.2) is 47.5 Å². The van der Waals surface area contributed by atoms with Crippen LogP contribution in [0.4, 0.5) is 0 Å². The van der Waals surface area contributed by atoms with E-state index in [-0.39, 0.29) is 5.75 Å². The Hall–Kier alpha value is -2.29. The van der Waals surface area contributed by atoms with Crippen LogP contribution in [-0.2, 0) is 31.7 Å². The summed E-state index contributed by atoms with van der Waals surface area (Å²) in [6, 6.07) is 13.0. The Kier molecular flexibility index (Phi) is 6.66. The van der Waals surface area contributed by atoms with Crippen LogP contribution < -0.4 is 4.80 Å². The number of nitrogens with zero attached hydrogens (tertiary/aromatic N) is 2. The van der Waals surface area contributed by atoms with Gasteiger partial charge in [-0.3, -0.25) is 4.79 Å². The standard InChI is InChI=1S/C21H24N2O4S2/c1-15-11-16(2)20-18(12-15)23(9-10-27-3)21(28-20)22-19(24)14-29(25,26)13-17-7-5-4-6-8-17/h4-8,11-12H,9-10,13-14H2,1-3H3. The Morgan fingerprint density at radius 3 is 2.59 bits per heavy atom. The molecule has 2 aromatic carbocycles. The quantitative estimate of drug-likeness (QED) is 0.575. The van der Waals surface area contributed by atoms with Gasteiger partial charge in [-0.2, -0.15) is 4.99 Å². The van der Waals surface area contributed by atoms with Crippen molar-refractivity contribution in [2.45, 2.75) is 26.1 Å². The van der Waals surface area contributed by atoms with Crippen molar-refractivity contribution in [3.05, 3.63) is 64.0 Å². The van der Waals surface area contributed by atoms with Crippen LogP contribution >= 0.6 is 11.3 Å². The molecule has 1 heterocycles. The summed E-state index contributed by atoms with van der Waals surface area (Å²) in [7, 11) is -1.99. The van der Waals surface area contributed by atoms with Crippen LogP contribution in [0.5, 0.6) is 0 Å². The van der Waals surface area contributed by atoms with E-state index in [0.717, 1.165) is 21.3 Å². The Labute approximate surface area is 174 Å². The fourth-order valence-electron chi connectivity index (χ4n) is 3.20. The maximum Gasteiger partial charge on any atom is 0.263 e. The van der Waals surface area contributed by atoms with E-state index in [1.165, 1.54) is 11.3 Å². The zero-order valence-corrected chi connectivity index (χ0v) is 18.3. The van der Waals surface area contributed by atoms with Crippen LogP contribution in [0.1, 0.15) is 16.7 Å². The predicted octanol–water partition coefficient (Wildman–Crippen LogP) is 3.01. The van der Waals surface area contributed by atoms with E-state index in [4.69, 9.17) is 4.74 Å². The van der Waals surface area contributed by atoms with Gasteiger partial charge in [0.25, 0.3) is 5.91 Å². The largest absolute Gasteiger partial charge is 0.383 e. The number of rotatable bonds is 7. The van der Waals surface area contributed by atoms with Crippen molar-refractivity contribution < 1.29 is 17.9 Å². The van der Waals surface area contributed by atoms with Crippen molar-refractivity contribution in [2.75, 3.05) is 19.5 Å². The van der Waals surface area contributed by atoms with Gasteiger partial charge >= 0.3 is 0 Å². The second kappa shape index (κ2) is 9.02. The van der Waals surface area contributed by atoms with Crippen molar-refractivity contribution in [3.8, 4) is 0 Å². The minimum absolute atomic E-state index is 0.177. The summed E-state index contributed by atoms with van der Waals surface area (Å²) in [6.45, 7) is 5.03. The molecule has 8 heteroatoms. The maximum absolute atomic E-state index is 12.5. The van der Waals surface area contributed by atoms with Crippen LogP contribution in [-0.4, -0.2) is 38.4 Å². The molecule has 0 aliphatic rings. The van der Waals surface area contributed by atoms with Gasteiger partial charge in [0, 0.05) is 13.7 Å². The minimum Gasteiger partial charge on any atom is -0.383 e. The third kappa shape index (κ3) is 5.41. The van der Waals surface area contributed by atoms with E-state index in [1.54, 1.807) is 31.4 Å². The molecule has 0 unspecified atom stereocenters. The Bertz CT molecular complexity index is 1190. The van der Waals surface area contributed by atoms with Gasteiger partial charge < -0.3 is 9.30 Å². The first-order valence-electron chi connectivity index (χ1n) is 9.20. The molecule has 0 bridgehead atoms. The molecule has 6 nitrogen and oxygen atoms in total. The zero-order chi connectivity index (χ0) is 21.0. The third-order valence-electron chi connectivity index (χ3n) is 4.43. The van der Waals surface area contributed by atoms with Gasteiger partial charge in [0.2, 0.25) is 0 Å². The summed E-state index contributed by atoms with van der Waals surface area (Å²) >= 11 is 1.39. The summed E-state index contributed by atoms with van der Waals surface area (Å²) < 4.78 is 33.0. The number of hydrogen-bond donors (Lipinski definition) is 0. The van der Waals surface area contributed by atoms with Gasteiger partial charge in [-0.25, -0.2) is 8.42 Å². The van der Waals surface area contributed by atoms with E-state index in [2.05, 4.69) is 11.1 Å². The van der Waals surface area contributed by atoms with E-state index in [1.807, 2.05) is 30.5 Å². The highest BCUT2D eigenvalue weighted by Crippen LogP contribution is 2.23. The van der Waals surface area contributed by atoms with Crippen molar-refractivity contribution >= 4 is 37.3 Å². The number of carbonyl (C=O) groups excluding carboxylic acids is 1. The summed E-state index contributed by atoms with van der Waals surface area (Å²) in [6.07, 6.45) is 0. The molecule has 0 aliphatic carbocycles. The van der Waals surface area contributed by atoms with Crippen molar-refractivity contribution in [3.63, 3.8) is 0 Å². The number of benzene rings is 2. The van der Waals surface area contributed by atoms with Crippen molar-refractivity contribution in [2.24, 2.45) is 4.99 Å². The second-order valence-electron chi connectivity index (χ2n) is 6.98. The van der Waals surface area contributed by atoms with E-state index >= 15 is 0 Å². The molecule has 3 aromatic rings. The van der Waals surface area contributed by atoms with Gasteiger partial charge in [0.05, 0.1) is 22.6 Å². The van der Waals surface area contributed by atoms with Gasteiger partial charge in [-0.1, -0.05) is 47.7 Å². The molecular formula is C21H24N2O4S2. The number of methoxy groups -OCH3 is 1. The van der Waals surface area contributed by atoms with Crippen molar-refractivity contribution in [1.82, 2.24) is 4.57 Å². The summed E-state index contributed by atoms with van der Waals surface area (Å²) in [5, 5.41) is 0. The predicted molar refractivity (Wildman–Crippen MR) is 116 cm³/mol. The smallest absolute Gasteiger partial charge is 0.263 e. The number of aromatic nitrogens is 1. The van der Waals surface area contributed by atoms with E-state index in [0.29, 0.717) is 23.5 Å². The molecule has 29 heavy (non-hydrogen) atoms. The molecular weight excluding hydrogens is 408 g/mol. The lowest BCUT2D eigenvalue weighted by Gasteiger charge is -2.06. The molecule has 0 fully saturated rings. The lowest BCUT2D eigenvalue weighted by Crippen LogP contribution is -2.22. The molecule has 1 amide bonds. The number of fused-ring (bicyclic) bond motifs is 1. The monoisotopic (exact) mass is 432 g/mol. The topological polar surface area (TPSA) is 77.7 Å². The van der Waals surface area contributed by atoms with Gasteiger partial charge in [0.1, 0.15) is 5.75 Å². The summed E-state index contributed by atoms with van der Waals surface area (Å²) in [4.78, 5) is 17.1. The van der Waals surface area contributed by atoms with Crippen LogP contribution in [0, 0.1) is 13.8 Å². The first-order chi connectivity index (χ1) is 13.8. The minimum atomic E-state index is -3.60. The van der Waals surface area contributed by atoms with E-state index < -0.39 is 21.5 Å². The number of amides is 1. The normalized spacial score (nSPS) is 12.6. The molecule has 0 spiro atoms. The maximum atomic E-state index is 12.5. The first-order valence-corrected chi connectivity index (χ1v) is 11.8. The van der Waals surface area contributed by atoms with Crippen molar-refractivity contribution in [1.29, 1.82) is 0 Å². The highest BCUT2D eigenvalue weighted by Gasteiger charge is 2.18. The van der Waals surface area contributed by atoms with Gasteiger partial charge in [0.15, 0.2) is 14.6 Å². The van der Waals surface area contributed by atoms with Gasteiger partial charge in [-0.05, 0) is 36.6 Å². The Balaban J connectivity index is 1.94. The van der Waals surface area contributed by atoms with E-state index in [9.17, 15) is 13.2 Å². The highest BCUT2D eigenvalue weighted by atomic mass is 32.2. The second-order valence-corrected chi connectivity index (χ2v) is 10.0. The number of sulfone groups is 1. The molecule has 154 valence electrons. The molecule has 0 aliphatic heterocycles. The molecule has 0 radical (unpaired) electrons. The van der Waals surface area contributed by atoms with Crippen LogP contribution in [0.3, 0.4) is 0 Å². The lowest BCUT2D eigenvalue weighted by atomic mass is 10.1. The molecule has 0 saturated heterocycles. The zero-order valence-electron chi connectivity index (χ0n) is 16.7. The first kappa shape index (κ1) is 21.4. The molecule has 1 aromatic heterocycles. The number of carbonyl (C=O) groups is 1. The molecule has 3 rings (SSSR count). The molecule has 0 saturated carbocycles. The van der Waals surface area contributed by atoms with Gasteiger partial charge in [-0.15, -0.1) is 0 Å². The Morgan fingerprint density at radius 1 is 1.17 bits per heavy atom. The summed E-state index contributed by atoms with van der Waals surface area (Å²) in [5.74, 6) is -1.45. The SMILES string of the molecule is COCCn1c(=NC(=O)CS(=O)(=O)Cc2ccccc2)sc2c(C)cc(C)cc21. The number of ether oxygens (including phenoxy) is 1. The number of hydrogen-bond acceptors (Lipinski definition) is 5. The average molecular weight is 433 g/mol. The molecule has 0 atom stereocenters. The van der Waals surface area contributed by atoms with Crippen LogP contribution in [0.25, 0.3) is 10.2 Å². The number of thiazole rings is 1. The molecule has 0 N–H and O–H groups in total. The average Bonchev–Trinajstić information content (AvgIpc) is 2.97. The van der Waals surface area contributed by atoms with Crippen LogP contribution in [0.2, 0.25) is 0 Å².